The number of aromatic nitrogens is 1. The van der Waals surface area contributed by atoms with E-state index in [1.807, 2.05) is 0 Å². The van der Waals surface area contributed by atoms with Crippen LogP contribution >= 0.6 is 0 Å². The van der Waals surface area contributed by atoms with Gasteiger partial charge in [0.05, 0.1) is 7.11 Å². The normalized spacial score (nSPS) is 17.3. The van der Waals surface area contributed by atoms with E-state index in [0.29, 0.717) is 19.8 Å². The van der Waals surface area contributed by atoms with Gasteiger partial charge >= 0.3 is 18.0 Å². The Morgan fingerprint density at radius 1 is 1.27 bits per heavy atom. The predicted molar refractivity (Wildman–Crippen MR) is 101 cm³/mol. The molecule has 0 spiro atoms. The van der Waals surface area contributed by atoms with Gasteiger partial charge in [0.15, 0.2) is 6.54 Å². The maximum Gasteiger partial charge on any atom is 0.519 e. The number of esters is 1. The second kappa shape index (κ2) is 7.87. The number of pyridine rings is 1. The van der Waals surface area contributed by atoms with Crippen molar-refractivity contribution in [1.29, 1.82) is 0 Å². The number of fused-ring (bicyclic) bond motifs is 2. The largest absolute Gasteiger partial charge is 0.519 e. The van der Waals surface area contributed by atoms with Crippen LogP contribution in [0.5, 0.6) is 11.5 Å². The number of aliphatic hydroxyl groups excluding tert-OH is 1. The number of morpholine rings is 1. The number of carbonyl (C=O) groups excluding carboxylic acids is 2. The van der Waals surface area contributed by atoms with Gasteiger partial charge in [0, 0.05) is 12.3 Å². The first-order chi connectivity index (χ1) is 14.5. The molecule has 0 saturated carbocycles. The van der Waals surface area contributed by atoms with Crippen LogP contribution in [0.25, 0.3) is 0 Å². The first-order valence-corrected chi connectivity index (χ1v) is 8.99. The number of rotatable bonds is 3. The van der Waals surface area contributed by atoms with Crippen molar-refractivity contribution in [3.8, 4) is 11.5 Å². The summed E-state index contributed by atoms with van der Waals surface area (Å²) >= 11 is 0. The molecule has 0 amide bonds. The third-order valence-electron chi connectivity index (χ3n) is 4.63. The van der Waals surface area contributed by atoms with Crippen molar-refractivity contribution in [3.63, 3.8) is 0 Å². The number of nitrogens with zero attached hydrogens (tertiary/aromatic N) is 2. The molecule has 11 heteroatoms. The minimum absolute atomic E-state index is 0.0102. The number of para-hydroxylation sites is 1. The summed E-state index contributed by atoms with van der Waals surface area (Å²) in [5.41, 5.74) is 2.40. The molecule has 1 aromatic carbocycles. The number of benzene rings is 1. The second-order valence-corrected chi connectivity index (χ2v) is 6.41. The molecule has 1 unspecified atom stereocenters. The van der Waals surface area contributed by atoms with E-state index in [1.165, 1.54) is 36.2 Å². The van der Waals surface area contributed by atoms with Crippen LogP contribution in [0.4, 0.5) is 4.79 Å². The Morgan fingerprint density at radius 2 is 2.07 bits per heavy atom. The van der Waals surface area contributed by atoms with Crippen molar-refractivity contribution in [3.05, 3.63) is 58.0 Å². The van der Waals surface area contributed by atoms with E-state index >= 15 is 0 Å². The van der Waals surface area contributed by atoms with E-state index in [1.54, 1.807) is 16.7 Å². The average molecular weight is 416 g/mol. The van der Waals surface area contributed by atoms with E-state index in [2.05, 4.69) is 10.2 Å². The molecule has 1 saturated heterocycles. The summed E-state index contributed by atoms with van der Waals surface area (Å²) in [5, 5.41) is 10.7. The molecule has 2 N–H and O–H groups in total. The van der Waals surface area contributed by atoms with Gasteiger partial charge in [-0.3, -0.25) is 10.2 Å². The minimum Gasteiger partial charge on any atom is -0.465 e. The van der Waals surface area contributed by atoms with Gasteiger partial charge in [-0.05, 0) is 12.1 Å². The molecule has 30 heavy (non-hydrogen) atoms. The van der Waals surface area contributed by atoms with Crippen LogP contribution in [-0.2, 0) is 9.47 Å². The van der Waals surface area contributed by atoms with Gasteiger partial charge in [-0.2, -0.15) is 4.58 Å². The predicted octanol–water partition coefficient (Wildman–Crippen LogP) is 0.443. The highest BCUT2D eigenvalue weighted by Gasteiger charge is 2.39. The summed E-state index contributed by atoms with van der Waals surface area (Å²) in [6, 6.07) is 7.09. The molecule has 1 aromatic heterocycles. The lowest BCUT2D eigenvalue weighted by Gasteiger charge is -2.29. The monoisotopic (exact) mass is 416 g/mol. The Morgan fingerprint density at radius 3 is 2.87 bits per heavy atom. The molecule has 0 bridgehead atoms. The number of hydrogen-bond acceptors (Lipinski definition) is 8. The van der Waals surface area contributed by atoms with Gasteiger partial charge < -0.3 is 24.1 Å². The fourth-order valence-corrected chi connectivity index (χ4v) is 3.22. The summed E-state index contributed by atoms with van der Waals surface area (Å²) in [7, 11) is 1.19. The van der Waals surface area contributed by atoms with Crippen LogP contribution < -0.4 is 20.3 Å². The number of aliphatic hydroxyl groups is 1. The minimum atomic E-state index is -1.26. The molecule has 156 valence electrons. The van der Waals surface area contributed by atoms with Gasteiger partial charge in [-0.25, -0.2) is 14.3 Å². The van der Waals surface area contributed by atoms with Gasteiger partial charge in [0.25, 0.3) is 6.17 Å². The number of methoxy groups -OCH3 is 1. The number of carbonyl (C=O) groups is 2. The summed E-state index contributed by atoms with van der Waals surface area (Å²) in [6.45, 7) is 1.09. The zero-order chi connectivity index (χ0) is 21.3. The van der Waals surface area contributed by atoms with Crippen molar-refractivity contribution in [2.24, 2.45) is 0 Å². The van der Waals surface area contributed by atoms with Gasteiger partial charge in [0.1, 0.15) is 24.5 Å². The second-order valence-electron chi connectivity index (χ2n) is 6.41. The first-order valence-electron chi connectivity index (χ1n) is 8.99. The van der Waals surface area contributed by atoms with E-state index in [0.717, 1.165) is 0 Å². The zero-order valence-electron chi connectivity index (χ0n) is 15.9. The average Bonchev–Trinajstić information content (AvgIpc) is 2.76. The van der Waals surface area contributed by atoms with Crippen molar-refractivity contribution < 1.29 is 38.2 Å². The highest BCUT2D eigenvalue weighted by Crippen LogP contribution is 2.22. The molecular formula is C19H18N3O8+. The molecule has 3 heterocycles. The van der Waals surface area contributed by atoms with Crippen LogP contribution in [0.2, 0.25) is 0 Å². The maximum atomic E-state index is 12.4. The van der Waals surface area contributed by atoms with Crippen molar-refractivity contribution in [2.75, 3.05) is 32.3 Å². The van der Waals surface area contributed by atoms with Crippen LogP contribution in [0.1, 0.15) is 16.1 Å². The molecule has 2 aliphatic rings. The lowest BCUT2D eigenvalue weighted by Crippen LogP contribution is -2.54. The molecule has 2 aliphatic heterocycles. The van der Waals surface area contributed by atoms with E-state index < -0.39 is 23.3 Å². The molecular weight excluding hydrogens is 398 g/mol. The highest BCUT2D eigenvalue weighted by atomic mass is 16.7. The van der Waals surface area contributed by atoms with Crippen molar-refractivity contribution in [1.82, 2.24) is 4.68 Å². The Balaban J connectivity index is 1.65. The molecule has 0 radical (unpaired) electrons. The molecule has 4 rings (SSSR count). The lowest BCUT2D eigenvalue weighted by molar-refractivity contribution is -0.591. The van der Waals surface area contributed by atoms with Crippen molar-refractivity contribution >= 4 is 18.0 Å². The topological polar surface area (TPSA) is 128 Å². The maximum absolute atomic E-state index is 12.4. The number of hydrogen-bond donors (Lipinski definition) is 2. The summed E-state index contributed by atoms with van der Waals surface area (Å²) in [5.74, 6) is -1.46. The van der Waals surface area contributed by atoms with Crippen LogP contribution in [0.15, 0.2) is 41.3 Å². The quantitative estimate of drug-likeness (QED) is 0.416. The van der Waals surface area contributed by atoms with Gasteiger partial charge in [-0.1, -0.05) is 12.1 Å². The Kier molecular flexibility index (Phi) is 5.11. The number of ether oxygens (including phenoxy) is 4. The number of nitrogens with one attached hydrogen (secondary N) is 1. The standard InChI is InChI=1S/C19H17N3O8/c1-27-18(25)11-4-2-3-5-13(11)29-19(26)30-16-12(23)6-7-22-15(16)17(24)21-8-9-28-10-14(21)20-22/h2-7,14,20H,8-10H2,1H3/p+1. The molecule has 11 nitrogen and oxygen atoms in total. The SMILES string of the molecule is COC(=O)c1ccccc1OC(=O)Oc1c2n(ccc1=O)NC1COCC[N+]1=C2O. The van der Waals surface area contributed by atoms with Gasteiger partial charge in [0.2, 0.25) is 16.9 Å². The van der Waals surface area contributed by atoms with Gasteiger partial charge in [-0.15, -0.1) is 0 Å². The van der Waals surface area contributed by atoms with E-state index in [-0.39, 0.29) is 29.1 Å². The first kappa shape index (κ1) is 19.5. The third kappa shape index (κ3) is 3.46. The molecule has 1 atom stereocenters. The Hall–Kier alpha value is -3.86. The fourth-order valence-electron chi connectivity index (χ4n) is 3.22. The van der Waals surface area contributed by atoms with E-state index in [9.17, 15) is 19.5 Å². The van der Waals surface area contributed by atoms with E-state index in [4.69, 9.17) is 14.2 Å². The summed E-state index contributed by atoms with van der Waals surface area (Å²) in [4.78, 5) is 36.6. The summed E-state index contributed by atoms with van der Waals surface area (Å²) < 4.78 is 23.2. The smallest absolute Gasteiger partial charge is 0.465 e. The Labute approximate surface area is 169 Å². The molecule has 1 fully saturated rings. The fraction of sp³-hybridized carbons (Fsp3) is 0.263. The van der Waals surface area contributed by atoms with Crippen molar-refractivity contribution in [2.45, 2.75) is 6.17 Å². The summed E-state index contributed by atoms with van der Waals surface area (Å²) in [6.07, 6.45) is -0.195. The third-order valence-corrected chi connectivity index (χ3v) is 4.63. The highest BCUT2D eigenvalue weighted by molar-refractivity contribution is 5.93. The van der Waals surface area contributed by atoms with Crippen LogP contribution in [-0.4, -0.2) is 65.4 Å². The molecule has 2 aromatic rings. The molecule has 0 aliphatic carbocycles. The lowest BCUT2D eigenvalue weighted by atomic mass is 10.2. The van der Waals surface area contributed by atoms with Crippen LogP contribution in [0, 0.1) is 0 Å². The zero-order valence-corrected chi connectivity index (χ0v) is 15.9. The van der Waals surface area contributed by atoms with Crippen LogP contribution in [0.3, 0.4) is 0 Å². The Bertz CT molecular complexity index is 1110.